The summed E-state index contributed by atoms with van der Waals surface area (Å²) in [6.45, 7) is 6.04. The number of rotatable bonds is 2. The molecule has 4 nitrogen and oxygen atoms in total. The van der Waals surface area contributed by atoms with E-state index >= 15 is 0 Å². The first-order valence-corrected chi connectivity index (χ1v) is 13.8. The molecule has 0 N–H and O–H groups in total. The van der Waals surface area contributed by atoms with Gasteiger partial charge in [0.2, 0.25) is 0 Å². The SMILES string of the molecule is Cc1sc(C)c2c1CCc1cn(CC(F)(F)F)nc1-2.Cc1sc(C)c2c1CCc1cnn(CC(F)(F)F)c1-2. The minimum atomic E-state index is -4.24. The fourth-order valence-corrected chi connectivity index (χ4v) is 7.73. The highest BCUT2D eigenvalue weighted by Crippen LogP contribution is 2.43. The van der Waals surface area contributed by atoms with Gasteiger partial charge in [-0.3, -0.25) is 9.36 Å². The Labute approximate surface area is 223 Å². The van der Waals surface area contributed by atoms with E-state index in [9.17, 15) is 26.3 Å². The van der Waals surface area contributed by atoms with E-state index in [0.717, 1.165) is 72.7 Å². The van der Waals surface area contributed by atoms with Crippen LogP contribution in [0, 0.1) is 27.7 Å². The fraction of sp³-hybridized carbons (Fsp3) is 0.462. The van der Waals surface area contributed by atoms with Gasteiger partial charge >= 0.3 is 12.4 Å². The van der Waals surface area contributed by atoms with Gasteiger partial charge in [-0.1, -0.05) is 0 Å². The highest BCUT2D eigenvalue weighted by atomic mass is 32.1. The van der Waals surface area contributed by atoms with Gasteiger partial charge in [0.25, 0.3) is 0 Å². The number of halogens is 6. The first-order chi connectivity index (χ1) is 17.7. The van der Waals surface area contributed by atoms with Crippen molar-refractivity contribution in [2.24, 2.45) is 0 Å². The van der Waals surface area contributed by atoms with Crippen LogP contribution < -0.4 is 0 Å². The smallest absolute Gasteiger partial charge is 0.263 e. The third-order valence-electron chi connectivity index (χ3n) is 6.96. The van der Waals surface area contributed by atoms with Crippen molar-refractivity contribution in [3.8, 4) is 22.5 Å². The number of nitrogens with zero attached hydrogens (tertiary/aromatic N) is 4. The number of hydrogen-bond donors (Lipinski definition) is 0. The molecule has 0 amide bonds. The summed E-state index contributed by atoms with van der Waals surface area (Å²) < 4.78 is 77.2. The highest BCUT2D eigenvalue weighted by molar-refractivity contribution is 7.12. The van der Waals surface area contributed by atoms with Crippen molar-refractivity contribution in [1.82, 2.24) is 19.6 Å². The number of fused-ring (bicyclic) bond motifs is 6. The lowest BCUT2D eigenvalue weighted by Crippen LogP contribution is -2.20. The van der Waals surface area contributed by atoms with Crippen LogP contribution in [0.4, 0.5) is 26.3 Å². The lowest BCUT2D eigenvalue weighted by atomic mass is 9.91. The van der Waals surface area contributed by atoms with E-state index in [1.54, 1.807) is 28.9 Å². The molecule has 0 radical (unpaired) electrons. The largest absolute Gasteiger partial charge is 0.408 e. The standard InChI is InChI=1S/2C13H13F3N2S/c1-7-10-4-3-9-5-18(6-13(14,15)16)17-12(9)11(10)8(2)19-7;1-7-10-4-3-9-5-17-18(6-13(14,15)16)12(9)11(10)8(2)19-7/h2*5H,3-4,6H2,1-2H3. The number of aryl methyl sites for hydroxylation is 6. The second-order valence-corrected chi connectivity index (χ2v) is 12.6. The molecule has 6 rings (SSSR count). The molecule has 0 spiro atoms. The minimum Gasteiger partial charge on any atom is -0.263 e. The monoisotopic (exact) mass is 572 g/mol. The lowest BCUT2D eigenvalue weighted by Gasteiger charge is -2.17. The van der Waals surface area contributed by atoms with Crippen molar-refractivity contribution in [1.29, 1.82) is 0 Å². The van der Waals surface area contributed by atoms with Crippen LogP contribution in [0.2, 0.25) is 0 Å². The van der Waals surface area contributed by atoms with Crippen LogP contribution in [-0.2, 0) is 38.8 Å². The maximum Gasteiger partial charge on any atom is 0.408 e. The van der Waals surface area contributed by atoms with Crippen molar-refractivity contribution in [3.05, 3.63) is 54.2 Å². The van der Waals surface area contributed by atoms with Gasteiger partial charge < -0.3 is 0 Å². The van der Waals surface area contributed by atoms with E-state index in [4.69, 9.17) is 0 Å². The van der Waals surface area contributed by atoms with Gasteiger partial charge in [-0.05, 0) is 75.6 Å². The molecule has 0 saturated carbocycles. The molecule has 4 aromatic heterocycles. The normalized spacial score (nSPS) is 14.4. The molecule has 0 saturated heterocycles. The first kappa shape index (κ1) is 27.0. The summed E-state index contributed by atoms with van der Waals surface area (Å²) in [5.74, 6) is 0. The lowest BCUT2D eigenvalue weighted by molar-refractivity contribution is -0.143. The van der Waals surface area contributed by atoms with Crippen LogP contribution in [0.25, 0.3) is 22.5 Å². The molecule has 2 aliphatic rings. The maximum atomic E-state index is 12.6. The zero-order chi connectivity index (χ0) is 27.6. The van der Waals surface area contributed by atoms with Crippen molar-refractivity contribution >= 4 is 22.7 Å². The van der Waals surface area contributed by atoms with Crippen molar-refractivity contribution in [2.75, 3.05) is 0 Å². The molecular formula is C26H26F6N4S2. The first-order valence-electron chi connectivity index (χ1n) is 12.1. The molecule has 204 valence electrons. The van der Waals surface area contributed by atoms with Crippen LogP contribution >= 0.6 is 22.7 Å². The Morgan fingerprint density at radius 3 is 1.89 bits per heavy atom. The number of aromatic nitrogens is 4. The molecule has 0 aliphatic heterocycles. The predicted octanol–water partition coefficient (Wildman–Crippen LogP) is 7.78. The average molecular weight is 573 g/mol. The molecule has 38 heavy (non-hydrogen) atoms. The Bertz CT molecular complexity index is 1500. The number of hydrogen-bond acceptors (Lipinski definition) is 4. The van der Waals surface area contributed by atoms with Crippen molar-refractivity contribution in [2.45, 2.75) is 78.8 Å². The summed E-state index contributed by atoms with van der Waals surface area (Å²) in [7, 11) is 0. The van der Waals surface area contributed by atoms with E-state index in [-0.39, 0.29) is 0 Å². The molecule has 12 heteroatoms. The zero-order valence-electron chi connectivity index (χ0n) is 21.3. The van der Waals surface area contributed by atoms with E-state index in [1.807, 2.05) is 20.8 Å². The molecular weight excluding hydrogens is 546 g/mol. The maximum absolute atomic E-state index is 12.6. The Morgan fingerprint density at radius 2 is 1.29 bits per heavy atom. The summed E-state index contributed by atoms with van der Waals surface area (Å²) >= 11 is 3.36. The van der Waals surface area contributed by atoms with Crippen LogP contribution in [0.15, 0.2) is 12.4 Å². The van der Waals surface area contributed by atoms with E-state index in [1.165, 1.54) is 27.1 Å². The highest BCUT2D eigenvalue weighted by Gasteiger charge is 2.33. The second kappa shape index (κ2) is 9.55. The molecule has 0 atom stereocenters. The van der Waals surface area contributed by atoms with Crippen LogP contribution in [0.5, 0.6) is 0 Å². The van der Waals surface area contributed by atoms with Crippen LogP contribution in [-0.4, -0.2) is 31.9 Å². The van der Waals surface area contributed by atoms with Gasteiger partial charge in [0.15, 0.2) is 0 Å². The zero-order valence-corrected chi connectivity index (χ0v) is 22.9. The predicted molar refractivity (Wildman–Crippen MR) is 137 cm³/mol. The van der Waals surface area contributed by atoms with Crippen molar-refractivity contribution in [3.63, 3.8) is 0 Å². The van der Waals surface area contributed by atoms with Crippen molar-refractivity contribution < 1.29 is 26.3 Å². The second-order valence-electron chi connectivity index (χ2n) is 9.74. The van der Waals surface area contributed by atoms with E-state index in [0.29, 0.717) is 5.69 Å². The minimum absolute atomic E-state index is 0.667. The third-order valence-corrected chi connectivity index (χ3v) is 9.08. The van der Waals surface area contributed by atoms with Crippen LogP contribution in [0.1, 0.15) is 41.8 Å². The van der Waals surface area contributed by atoms with Gasteiger partial charge in [0, 0.05) is 36.8 Å². The quantitative estimate of drug-likeness (QED) is 0.230. The van der Waals surface area contributed by atoms with E-state index < -0.39 is 25.4 Å². The van der Waals surface area contributed by atoms with Gasteiger partial charge in [-0.15, -0.1) is 22.7 Å². The van der Waals surface area contributed by atoms with Gasteiger partial charge in [0.1, 0.15) is 13.1 Å². The topological polar surface area (TPSA) is 35.6 Å². The Morgan fingerprint density at radius 1 is 0.737 bits per heavy atom. The Hall–Kier alpha value is -2.60. The Balaban J connectivity index is 0.000000155. The summed E-state index contributed by atoms with van der Waals surface area (Å²) in [6.07, 6.45) is -2.00. The third kappa shape index (κ3) is 5.16. The summed E-state index contributed by atoms with van der Waals surface area (Å²) in [5.41, 5.74) is 7.75. The molecule has 4 aromatic rings. The summed E-state index contributed by atoms with van der Waals surface area (Å²) in [5, 5.41) is 8.09. The van der Waals surface area contributed by atoms with Gasteiger partial charge in [0.05, 0.1) is 17.6 Å². The summed E-state index contributed by atoms with van der Waals surface area (Å²) in [6, 6.07) is 0. The molecule has 0 fully saturated rings. The summed E-state index contributed by atoms with van der Waals surface area (Å²) in [4.78, 5) is 4.68. The van der Waals surface area contributed by atoms with Crippen LogP contribution in [0.3, 0.4) is 0 Å². The average Bonchev–Trinajstić information content (AvgIpc) is 3.51. The molecule has 0 bridgehead atoms. The van der Waals surface area contributed by atoms with Gasteiger partial charge in [-0.25, -0.2) is 0 Å². The number of alkyl halides is 6. The van der Waals surface area contributed by atoms with E-state index in [2.05, 4.69) is 17.1 Å². The molecule has 0 unspecified atom stereocenters. The van der Waals surface area contributed by atoms with Gasteiger partial charge in [-0.2, -0.15) is 36.5 Å². The molecule has 2 aliphatic carbocycles. The Kier molecular flexibility index (Phi) is 6.78. The number of thiophene rings is 2. The molecule has 0 aromatic carbocycles. The molecule has 4 heterocycles. The fourth-order valence-electron chi connectivity index (χ4n) is 5.51.